The predicted octanol–water partition coefficient (Wildman–Crippen LogP) is 2.92. The summed E-state index contributed by atoms with van der Waals surface area (Å²) in [4.78, 5) is 9.61. The molecule has 1 fully saturated rings. The molecule has 0 saturated carbocycles. The van der Waals surface area contributed by atoms with Crippen molar-refractivity contribution in [3.63, 3.8) is 0 Å². The molecule has 1 aliphatic rings. The Morgan fingerprint density at radius 2 is 1.96 bits per heavy atom. The van der Waals surface area contributed by atoms with Crippen molar-refractivity contribution in [1.82, 2.24) is 19.7 Å². The lowest BCUT2D eigenvalue weighted by Crippen LogP contribution is -2.39. The molecule has 138 valence electrons. The Morgan fingerprint density at radius 3 is 2.54 bits per heavy atom. The molecular weight excluding hydrogens is 413 g/mol. The van der Waals surface area contributed by atoms with Crippen molar-refractivity contribution in [3.8, 4) is 0 Å². The van der Waals surface area contributed by atoms with E-state index in [4.69, 9.17) is 4.99 Å². The second-order valence-electron chi connectivity index (χ2n) is 6.46. The summed E-state index contributed by atoms with van der Waals surface area (Å²) in [6.45, 7) is 8.34. The van der Waals surface area contributed by atoms with Crippen LogP contribution in [-0.2, 0) is 13.6 Å². The van der Waals surface area contributed by atoms with Crippen molar-refractivity contribution < 1.29 is 0 Å². The summed E-state index contributed by atoms with van der Waals surface area (Å²) in [5.74, 6) is 1.00. The Hall–Kier alpha value is -0.760. The van der Waals surface area contributed by atoms with Crippen LogP contribution in [0.25, 0.3) is 0 Å². The van der Waals surface area contributed by atoms with E-state index in [2.05, 4.69) is 59.0 Å². The summed E-state index contributed by atoms with van der Waals surface area (Å²) in [7, 11) is 4.20. The van der Waals surface area contributed by atoms with E-state index >= 15 is 0 Å². The molecule has 0 amide bonds. The smallest absolute Gasteiger partial charge is 0.194 e. The second-order valence-corrected chi connectivity index (χ2v) is 6.46. The number of aromatic nitrogens is 1. The number of rotatable bonds is 6. The Balaban J connectivity index is 0.00000288. The van der Waals surface area contributed by atoms with Crippen LogP contribution in [-0.4, -0.2) is 60.1 Å². The standard InChI is InChI=1S/C18H33N5.HI/c1-4-19-18(22(3)16-17-10-9-12-21(17)2)20-11-15-23-13-7-5-6-8-14-23;/h9-10,12H,4-8,11,13-16H2,1-3H3,(H,19,20);1H. The summed E-state index contributed by atoms with van der Waals surface area (Å²) < 4.78 is 2.16. The molecule has 24 heavy (non-hydrogen) atoms. The summed E-state index contributed by atoms with van der Waals surface area (Å²) in [5.41, 5.74) is 1.30. The normalized spacial score (nSPS) is 16.4. The molecule has 0 unspecified atom stereocenters. The van der Waals surface area contributed by atoms with Crippen LogP contribution in [0.4, 0.5) is 0 Å². The van der Waals surface area contributed by atoms with Gasteiger partial charge in [-0.25, -0.2) is 0 Å². The fraction of sp³-hybridized carbons (Fsp3) is 0.722. The molecular formula is C18H34IN5. The van der Waals surface area contributed by atoms with E-state index in [0.717, 1.165) is 32.1 Å². The van der Waals surface area contributed by atoms with Crippen LogP contribution in [0, 0.1) is 0 Å². The van der Waals surface area contributed by atoms with Gasteiger partial charge in [0.15, 0.2) is 5.96 Å². The maximum atomic E-state index is 4.83. The maximum Gasteiger partial charge on any atom is 0.194 e. The molecule has 1 N–H and O–H groups in total. The highest BCUT2D eigenvalue weighted by molar-refractivity contribution is 14.0. The fourth-order valence-corrected chi connectivity index (χ4v) is 3.11. The topological polar surface area (TPSA) is 35.8 Å². The van der Waals surface area contributed by atoms with E-state index in [9.17, 15) is 0 Å². The number of aryl methyl sites for hydroxylation is 1. The largest absolute Gasteiger partial charge is 0.357 e. The summed E-state index contributed by atoms with van der Waals surface area (Å²) >= 11 is 0. The van der Waals surface area contributed by atoms with E-state index in [1.165, 1.54) is 44.5 Å². The molecule has 0 aliphatic carbocycles. The van der Waals surface area contributed by atoms with Gasteiger partial charge in [0.25, 0.3) is 0 Å². The van der Waals surface area contributed by atoms with Gasteiger partial charge >= 0.3 is 0 Å². The summed E-state index contributed by atoms with van der Waals surface area (Å²) in [6, 6.07) is 4.25. The highest BCUT2D eigenvalue weighted by Crippen LogP contribution is 2.09. The lowest BCUT2D eigenvalue weighted by molar-refractivity contribution is 0.293. The zero-order valence-corrected chi connectivity index (χ0v) is 17.8. The molecule has 0 spiro atoms. The van der Waals surface area contributed by atoms with Gasteiger partial charge in [-0.15, -0.1) is 24.0 Å². The van der Waals surface area contributed by atoms with Gasteiger partial charge in [0, 0.05) is 39.1 Å². The van der Waals surface area contributed by atoms with Gasteiger partial charge in [-0.1, -0.05) is 12.8 Å². The average molecular weight is 447 g/mol. The van der Waals surface area contributed by atoms with Gasteiger partial charge in [0.1, 0.15) is 0 Å². The van der Waals surface area contributed by atoms with Crippen molar-refractivity contribution in [2.75, 3.05) is 39.8 Å². The van der Waals surface area contributed by atoms with E-state index in [0.29, 0.717) is 0 Å². The third-order valence-electron chi connectivity index (χ3n) is 4.52. The molecule has 1 aromatic heterocycles. The van der Waals surface area contributed by atoms with Gasteiger partial charge in [0.2, 0.25) is 0 Å². The number of guanidine groups is 1. The van der Waals surface area contributed by atoms with Crippen molar-refractivity contribution in [3.05, 3.63) is 24.0 Å². The first-order valence-corrected chi connectivity index (χ1v) is 9.02. The quantitative estimate of drug-likeness (QED) is 0.414. The summed E-state index contributed by atoms with van der Waals surface area (Å²) in [5, 5.41) is 3.41. The first-order valence-electron chi connectivity index (χ1n) is 9.02. The number of hydrogen-bond acceptors (Lipinski definition) is 2. The molecule has 0 aromatic carbocycles. The lowest BCUT2D eigenvalue weighted by Gasteiger charge is -2.23. The van der Waals surface area contributed by atoms with Crippen molar-refractivity contribution in [2.24, 2.45) is 12.0 Å². The predicted molar refractivity (Wildman–Crippen MR) is 113 cm³/mol. The fourth-order valence-electron chi connectivity index (χ4n) is 3.11. The molecule has 1 aliphatic heterocycles. The number of halogens is 1. The minimum Gasteiger partial charge on any atom is -0.357 e. The Morgan fingerprint density at radius 1 is 1.25 bits per heavy atom. The molecule has 1 saturated heterocycles. The van der Waals surface area contributed by atoms with Gasteiger partial charge in [-0.3, -0.25) is 4.99 Å². The first kappa shape index (κ1) is 21.3. The number of aliphatic imine (C=N–C) groups is 1. The minimum absolute atomic E-state index is 0. The monoisotopic (exact) mass is 447 g/mol. The van der Waals surface area contributed by atoms with Gasteiger partial charge < -0.3 is 19.7 Å². The van der Waals surface area contributed by atoms with E-state index in [-0.39, 0.29) is 24.0 Å². The molecule has 0 atom stereocenters. The van der Waals surface area contributed by atoms with Gasteiger partial charge in [0.05, 0.1) is 13.1 Å². The molecule has 0 bridgehead atoms. The van der Waals surface area contributed by atoms with E-state index in [1.54, 1.807) is 0 Å². The Labute approximate surface area is 164 Å². The third-order valence-corrected chi connectivity index (χ3v) is 4.52. The van der Waals surface area contributed by atoms with Crippen molar-refractivity contribution in [1.29, 1.82) is 0 Å². The van der Waals surface area contributed by atoms with Crippen LogP contribution in [0.15, 0.2) is 23.3 Å². The number of nitrogens with one attached hydrogen (secondary N) is 1. The molecule has 1 aromatic rings. The van der Waals surface area contributed by atoms with Gasteiger partial charge in [-0.2, -0.15) is 0 Å². The molecule has 0 radical (unpaired) electrons. The van der Waals surface area contributed by atoms with Crippen LogP contribution in [0.1, 0.15) is 38.3 Å². The summed E-state index contributed by atoms with van der Waals surface area (Å²) in [6.07, 6.45) is 7.56. The maximum absolute atomic E-state index is 4.83. The van der Waals surface area contributed by atoms with Crippen LogP contribution in [0.3, 0.4) is 0 Å². The third kappa shape index (κ3) is 7.01. The number of nitrogens with zero attached hydrogens (tertiary/aromatic N) is 4. The SMILES string of the molecule is CCNC(=NCCN1CCCCCC1)N(C)Cc1cccn1C.I. The van der Waals surface area contributed by atoms with Crippen molar-refractivity contribution in [2.45, 2.75) is 39.2 Å². The van der Waals surface area contributed by atoms with Crippen LogP contribution in [0.5, 0.6) is 0 Å². The van der Waals surface area contributed by atoms with Crippen LogP contribution >= 0.6 is 24.0 Å². The molecule has 6 heteroatoms. The zero-order valence-electron chi connectivity index (χ0n) is 15.5. The average Bonchev–Trinajstić information content (AvgIpc) is 2.78. The highest BCUT2D eigenvalue weighted by atomic mass is 127. The van der Waals surface area contributed by atoms with E-state index < -0.39 is 0 Å². The molecule has 5 nitrogen and oxygen atoms in total. The molecule has 2 rings (SSSR count). The first-order chi connectivity index (χ1) is 11.2. The van der Waals surface area contributed by atoms with Crippen LogP contribution < -0.4 is 5.32 Å². The number of hydrogen-bond donors (Lipinski definition) is 1. The highest BCUT2D eigenvalue weighted by Gasteiger charge is 2.10. The Bertz CT molecular complexity index is 478. The zero-order chi connectivity index (χ0) is 16.5. The van der Waals surface area contributed by atoms with Crippen molar-refractivity contribution >= 4 is 29.9 Å². The van der Waals surface area contributed by atoms with Crippen LogP contribution in [0.2, 0.25) is 0 Å². The lowest BCUT2D eigenvalue weighted by atomic mass is 10.2. The second kappa shape index (κ2) is 11.7. The number of likely N-dealkylation sites (tertiary alicyclic amines) is 1. The minimum atomic E-state index is 0. The molecule has 2 heterocycles. The van der Waals surface area contributed by atoms with E-state index in [1.807, 2.05) is 0 Å². The van der Waals surface area contributed by atoms with Gasteiger partial charge in [-0.05, 0) is 45.0 Å². The Kier molecular flexibility index (Phi) is 10.4.